The second-order valence-electron chi connectivity index (χ2n) is 5.93. The van der Waals surface area contributed by atoms with E-state index >= 15 is 0 Å². The van der Waals surface area contributed by atoms with Crippen molar-refractivity contribution in [2.24, 2.45) is 11.8 Å². The number of alkyl halides is 1. The monoisotopic (exact) mass is 308 g/mol. The number of rotatable bonds is 5. The summed E-state index contributed by atoms with van der Waals surface area (Å²) in [6.45, 7) is -0.0590. The molecule has 1 aliphatic heterocycles. The quantitative estimate of drug-likeness (QED) is 0.818. The molecule has 3 rings (SSSR count). The summed E-state index contributed by atoms with van der Waals surface area (Å²) < 4.78 is 24.6. The molecule has 1 aromatic carbocycles. The second-order valence-corrected chi connectivity index (χ2v) is 5.93. The standard InChI is InChI=1S/C17H21FO4/c18-11(10-21-12-4-2-1-3-5-12)6-7-13-14-8-17(20)22-16(14)9-15(13)19/h1-7,11,13-17,19-20H,8-10H2/b7-6+/t11?,13-,14-,15-,16+,17?/m1/s1. The van der Waals surface area contributed by atoms with Crippen molar-refractivity contribution in [3.8, 4) is 5.75 Å². The first-order valence-corrected chi connectivity index (χ1v) is 7.65. The predicted molar refractivity (Wildman–Crippen MR) is 79.1 cm³/mol. The van der Waals surface area contributed by atoms with E-state index in [4.69, 9.17) is 9.47 Å². The number of ether oxygens (including phenoxy) is 2. The van der Waals surface area contributed by atoms with Crippen molar-refractivity contribution in [3.05, 3.63) is 42.5 Å². The van der Waals surface area contributed by atoms with Crippen molar-refractivity contribution in [3.63, 3.8) is 0 Å². The highest BCUT2D eigenvalue weighted by Gasteiger charge is 2.47. The van der Waals surface area contributed by atoms with Crippen LogP contribution in [0.5, 0.6) is 5.75 Å². The summed E-state index contributed by atoms with van der Waals surface area (Å²) in [5.41, 5.74) is 0. The normalized spacial score (nSPS) is 35.7. The van der Waals surface area contributed by atoms with Crippen LogP contribution in [0.1, 0.15) is 12.8 Å². The average molecular weight is 308 g/mol. The van der Waals surface area contributed by atoms with Crippen molar-refractivity contribution in [2.75, 3.05) is 6.61 Å². The highest BCUT2D eigenvalue weighted by Crippen LogP contribution is 2.43. The molecule has 1 aromatic rings. The first-order valence-electron chi connectivity index (χ1n) is 7.65. The Balaban J connectivity index is 1.52. The molecule has 0 bridgehead atoms. The molecule has 1 saturated heterocycles. The van der Waals surface area contributed by atoms with Crippen molar-refractivity contribution in [1.29, 1.82) is 0 Å². The molecule has 0 amide bonds. The molecule has 1 aliphatic carbocycles. The number of fused-ring (bicyclic) bond motifs is 1. The summed E-state index contributed by atoms with van der Waals surface area (Å²) in [6, 6.07) is 9.09. The Morgan fingerprint density at radius 1 is 1.27 bits per heavy atom. The van der Waals surface area contributed by atoms with Crippen LogP contribution in [-0.2, 0) is 4.74 Å². The molecule has 2 aliphatic rings. The minimum absolute atomic E-state index is 0.0588. The molecule has 0 radical (unpaired) electrons. The van der Waals surface area contributed by atoms with Gasteiger partial charge in [-0.15, -0.1) is 0 Å². The molecule has 120 valence electrons. The van der Waals surface area contributed by atoms with E-state index < -0.39 is 18.6 Å². The third-order valence-corrected chi connectivity index (χ3v) is 4.39. The van der Waals surface area contributed by atoms with Gasteiger partial charge in [0, 0.05) is 18.8 Å². The molecule has 2 fully saturated rings. The minimum atomic E-state index is -1.24. The van der Waals surface area contributed by atoms with Gasteiger partial charge in [0.25, 0.3) is 0 Å². The van der Waals surface area contributed by atoms with Gasteiger partial charge in [-0.2, -0.15) is 0 Å². The highest BCUT2D eigenvalue weighted by atomic mass is 19.1. The molecule has 0 spiro atoms. The van der Waals surface area contributed by atoms with Crippen LogP contribution >= 0.6 is 0 Å². The van der Waals surface area contributed by atoms with Gasteiger partial charge in [0.05, 0.1) is 12.2 Å². The second kappa shape index (κ2) is 6.77. The van der Waals surface area contributed by atoms with Crippen molar-refractivity contribution in [2.45, 2.75) is 37.5 Å². The van der Waals surface area contributed by atoms with Gasteiger partial charge >= 0.3 is 0 Å². The summed E-state index contributed by atoms with van der Waals surface area (Å²) >= 11 is 0. The smallest absolute Gasteiger partial charge is 0.155 e. The molecule has 22 heavy (non-hydrogen) atoms. The Morgan fingerprint density at radius 3 is 2.82 bits per heavy atom. The Hall–Kier alpha value is -1.43. The number of benzene rings is 1. The first kappa shape index (κ1) is 15.5. The van der Waals surface area contributed by atoms with Crippen LogP contribution < -0.4 is 4.74 Å². The number of hydrogen-bond acceptors (Lipinski definition) is 4. The largest absolute Gasteiger partial charge is 0.490 e. The third-order valence-electron chi connectivity index (χ3n) is 4.39. The average Bonchev–Trinajstić information content (AvgIpc) is 2.99. The maximum absolute atomic E-state index is 13.9. The van der Waals surface area contributed by atoms with Crippen molar-refractivity contribution in [1.82, 2.24) is 0 Å². The summed E-state index contributed by atoms with van der Waals surface area (Å²) in [4.78, 5) is 0. The van der Waals surface area contributed by atoms with Crippen LogP contribution in [0.15, 0.2) is 42.5 Å². The topological polar surface area (TPSA) is 58.9 Å². The Labute approximate surface area is 129 Å². The van der Waals surface area contributed by atoms with Gasteiger partial charge in [-0.3, -0.25) is 0 Å². The number of hydrogen-bond donors (Lipinski definition) is 2. The molecule has 2 N–H and O–H groups in total. The molecule has 2 unspecified atom stereocenters. The molecule has 0 aromatic heterocycles. The van der Waals surface area contributed by atoms with E-state index in [-0.39, 0.29) is 24.5 Å². The number of halogens is 1. The Bertz CT molecular complexity index is 507. The van der Waals surface area contributed by atoms with E-state index in [0.29, 0.717) is 18.6 Å². The van der Waals surface area contributed by atoms with Gasteiger partial charge in [0.15, 0.2) is 12.5 Å². The number of aliphatic hydroxyl groups excluding tert-OH is 2. The van der Waals surface area contributed by atoms with Gasteiger partial charge in [-0.05, 0) is 18.1 Å². The van der Waals surface area contributed by atoms with Gasteiger partial charge in [-0.1, -0.05) is 30.4 Å². The Kier molecular flexibility index (Phi) is 4.76. The third kappa shape index (κ3) is 3.48. The Morgan fingerprint density at radius 2 is 2.05 bits per heavy atom. The lowest BCUT2D eigenvalue weighted by atomic mass is 9.91. The van der Waals surface area contributed by atoms with Gasteiger partial charge in [-0.25, -0.2) is 4.39 Å². The van der Waals surface area contributed by atoms with E-state index in [2.05, 4.69) is 0 Å². The summed E-state index contributed by atoms with van der Waals surface area (Å²) in [5.74, 6) is 0.521. The number of para-hydroxylation sites is 1. The molecule has 4 nitrogen and oxygen atoms in total. The van der Waals surface area contributed by atoms with Crippen LogP contribution in [0.4, 0.5) is 4.39 Å². The lowest BCUT2D eigenvalue weighted by Gasteiger charge is -2.16. The van der Waals surface area contributed by atoms with Crippen LogP contribution in [0.25, 0.3) is 0 Å². The molecular weight excluding hydrogens is 287 g/mol. The van der Waals surface area contributed by atoms with Crippen molar-refractivity contribution < 1.29 is 24.1 Å². The van der Waals surface area contributed by atoms with Crippen molar-refractivity contribution >= 4 is 0 Å². The van der Waals surface area contributed by atoms with E-state index in [9.17, 15) is 14.6 Å². The highest BCUT2D eigenvalue weighted by molar-refractivity contribution is 5.21. The van der Waals surface area contributed by atoms with Gasteiger partial charge in [0.1, 0.15) is 12.4 Å². The molecule has 5 heteroatoms. The lowest BCUT2D eigenvalue weighted by molar-refractivity contribution is -0.0949. The molecular formula is C17H21FO4. The zero-order valence-electron chi connectivity index (χ0n) is 12.2. The zero-order chi connectivity index (χ0) is 15.5. The van der Waals surface area contributed by atoms with Crippen LogP contribution in [0.3, 0.4) is 0 Å². The maximum atomic E-state index is 13.9. The number of aliphatic hydroxyl groups is 2. The van der Waals surface area contributed by atoms with E-state index in [1.807, 2.05) is 18.2 Å². The van der Waals surface area contributed by atoms with Crippen LogP contribution in [-0.4, -0.2) is 41.5 Å². The summed E-state index contributed by atoms with van der Waals surface area (Å²) in [6.07, 6.45) is 1.46. The fraction of sp³-hybridized carbons (Fsp3) is 0.529. The fourth-order valence-corrected chi connectivity index (χ4v) is 3.33. The molecule has 1 heterocycles. The zero-order valence-corrected chi connectivity index (χ0v) is 12.2. The SMILES string of the molecule is OC1C[C@@H]2[C@@H](/C=C/C(F)COc3ccccc3)[C@H](O)C[C@@H]2O1. The fourth-order valence-electron chi connectivity index (χ4n) is 3.33. The molecule has 1 saturated carbocycles. The van der Waals surface area contributed by atoms with Crippen LogP contribution in [0.2, 0.25) is 0 Å². The summed E-state index contributed by atoms with van der Waals surface area (Å²) in [5, 5.41) is 19.5. The van der Waals surface area contributed by atoms with Gasteiger partial charge < -0.3 is 19.7 Å². The van der Waals surface area contributed by atoms with Crippen LogP contribution in [0, 0.1) is 11.8 Å². The molecule has 6 atom stereocenters. The van der Waals surface area contributed by atoms with E-state index in [1.165, 1.54) is 6.08 Å². The van der Waals surface area contributed by atoms with E-state index in [0.717, 1.165) is 0 Å². The minimum Gasteiger partial charge on any atom is -0.490 e. The lowest BCUT2D eigenvalue weighted by Crippen LogP contribution is -2.19. The van der Waals surface area contributed by atoms with Gasteiger partial charge in [0.2, 0.25) is 0 Å². The maximum Gasteiger partial charge on any atom is 0.155 e. The summed E-state index contributed by atoms with van der Waals surface area (Å²) in [7, 11) is 0. The van der Waals surface area contributed by atoms with E-state index in [1.54, 1.807) is 18.2 Å². The first-order chi connectivity index (χ1) is 10.6. The predicted octanol–water partition coefficient (Wildman–Crippen LogP) is 2.06.